The Kier molecular flexibility index (Phi) is 5.60. The average Bonchev–Trinajstić information content (AvgIpc) is 3.03. The van der Waals surface area contributed by atoms with E-state index < -0.39 is 0 Å². The van der Waals surface area contributed by atoms with Crippen molar-refractivity contribution in [2.75, 3.05) is 46.9 Å². The van der Waals surface area contributed by atoms with E-state index in [2.05, 4.69) is 22.2 Å². The number of methoxy groups -OCH3 is 1. The lowest BCUT2D eigenvalue weighted by atomic mass is 10.0. The fraction of sp³-hybridized carbons (Fsp3) is 0.929. The number of likely N-dealkylation sites (N-methyl/N-ethyl adjacent to an activating group) is 1. The molecule has 19 heavy (non-hydrogen) atoms. The summed E-state index contributed by atoms with van der Waals surface area (Å²) in [6, 6.07) is 0. The number of ether oxygens (including phenoxy) is 1. The minimum Gasteiger partial charge on any atom is -0.383 e. The second-order valence-corrected chi connectivity index (χ2v) is 5.75. The number of carbonyl (C=O) groups excluding carboxylic acids is 1. The van der Waals surface area contributed by atoms with Gasteiger partial charge >= 0.3 is 0 Å². The molecular weight excluding hydrogens is 242 g/mol. The van der Waals surface area contributed by atoms with E-state index in [1.165, 1.54) is 25.7 Å². The van der Waals surface area contributed by atoms with Gasteiger partial charge in [-0.25, -0.2) is 0 Å². The lowest BCUT2D eigenvalue weighted by Crippen LogP contribution is -2.45. The molecule has 1 aliphatic carbocycles. The van der Waals surface area contributed by atoms with Crippen LogP contribution in [-0.2, 0) is 9.53 Å². The number of amides is 1. The Hall–Kier alpha value is -0.650. The Labute approximate surface area is 116 Å². The normalized spacial score (nSPS) is 24.9. The average molecular weight is 269 g/mol. The summed E-state index contributed by atoms with van der Waals surface area (Å²) in [5.41, 5.74) is 0. The van der Waals surface area contributed by atoms with E-state index in [0.29, 0.717) is 12.5 Å². The lowest BCUT2D eigenvalue weighted by Gasteiger charge is -2.30. The van der Waals surface area contributed by atoms with Gasteiger partial charge < -0.3 is 14.5 Å². The molecule has 0 aromatic heterocycles. The minimum atomic E-state index is 0.261. The van der Waals surface area contributed by atoms with Crippen LogP contribution < -0.4 is 5.32 Å². The Bertz CT molecular complexity index is 292. The SMILES string of the molecule is COCCN(C)CCN1C(=O)CNC1C1CCCC1. The van der Waals surface area contributed by atoms with Crippen molar-refractivity contribution < 1.29 is 9.53 Å². The third-order valence-corrected chi connectivity index (χ3v) is 4.36. The van der Waals surface area contributed by atoms with Crippen LogP contribution in [0.25, 0.3) is 0 Å². The van der Waals surface area contributed by atoms with Crippen LogP contribution in [-0.4, -0.2) is 68.8 Å². The third-order valence-electron chi connectivity index (χ3n) is 4.36. The highest BCUT2D eigenvalue weighted by molar-refractivity contribution is 5.80. The second kappa shape index (κ2) is 7.22. The van der Waals surface area contributed by atoms with Crippen molar-refractivity contribution in [3.05, 3.63) is 0 Å². The first-order chi connectivity index (χ1) is 9.22. The quantitative estimate of drug-likeness (QED) is 0.731. The molecule has 0 aromatic rings. The maximum Gasteiger partial charge on any atom is 0.237 e. The van der Waals surface area contributed by atoms with Crippen LogP contribution in [0, 0.1) is 5.92 Å². The van der Waals surface area contributed by atoms with E-state index in [-0.39, 0.29) is 12.1 Å². The molecule has 0 radical (unpaired) electrons. The molecular formula is C14H27N3O2. The van der Waals surface area contributed by atoms with Crippen LogP contribution in [0.2, 0.25) is 0 Å². The summed E-state index contributed by atoms with van der Waals surface area (Å²) < 4.78 is 5.07. The summed E-state index contributed by atoms with van der Waals surface area (Å²) in [6.07, 6.45) is 5.45. The first kappa shape index (κ1) is 14.8. The predicted octanol–water partition coefficient (Wildman–Crippen LogP) is 0.513. The summed E-state index contributed by atoms with van der Waals surface area (Å²) in [6.45, 7) is 3.92. The Morgan fingerprint density at radius 1 is 1.37 bits per heavy atom. The molecule has 0 bridgehead atoms. The van der Waals surface area contributed by atoms with Gasteiger partial charge in [0, 0.05) is 26.7 Å². The number of carbonyl (C=O) groups is 1. The minimum absolute atomic E-state index is 0.261. The molecule has 2 fully saturated rings. The fourth-order valence-electron chi connectivity index (χ4n) is 3.15. The zero-order valence-corrected chi connectivity index (χ0v) is 12.2. The zero-order chi connectivity index (χ0) is 13.7. The number of nitrogens with one attached hydrogen (secondary N) is 1. The largest absolute Gasteiger partial charge is 0.383 e. The Balaban J connectivity index is 1.80. The molecule has 5 heteroatoms. The van der Waals surface area contributed by atoms with Gasteiger partial charge in [0.2, 0.25) is 5.91 Å². The standard InChI is InChI=1S/C14H27N3O2/c1-16(9-10-19-2)7-8-17-13(18)11-15-14(17)12-5-3-4-6-12/h12,14-15H,3-11H2,1-2H3. The lowest BCUT2D eigenvalue weighted by molar-refractivity contribution is -0.128. The van der Waals surface area contributed by atoms with Crippen molar-refractivity contribution >= 4 is 5.91 Å². The highest BCUT2D eigenvalue weighted by Gasteiger charge is 2.36. The van der Waals surface area contributed by atoms with E-state index in [1.54, 1.807) is 7.11 Å². The molecule has 2 aliphatic rings. The zero-order valence-electron chi connectivity index (χ0n) is 12.2. The topological polar surface area (TPSA) is 44.8 Å². The third kappa shape index (κ3) is 3.91. The van der Waals surface area contributed by atoms with E-state index in [0.717, 1.165) is 26.2 Å². The second-order valence-electron chi connectivity index (χ2n) is 5.75. The Morgan fingerprint density at radius 2 is 2.11 bits per heavy atom. The fourth-order valence-corrected chi connectivity index (χ4v) is 3.15. The van der Waals surface area contributed by atoms with Crippen molar-refractivity contribution in [3.63, 3.8) is 0 Å². The van der Waals surface area contributed by atoms with Crippen LogP contribution in [0.5, 0.6) is 0 Å². The van der Waals surface area contributed by atoms with Crippen LogP contribution >= 0.6 is 0 Å². The Morgan fingerprint density at radius 3 is 2.79 bits per heavy atom. The molecule has 1 unspecified atom stereocenters. The van der Waals surface area contributed by atoms with Crippen molar-refractivity contribution in [2.45, 2.75) is 31.8 Å². The molecule has 0 aromatic carbocycles. The maximum absolute atomic E-state index is 12.0. The molecule has 5 nitrogen and oxygen atoms in total. The molecule has 1 aliphatic heterocycles. The summed E-state index contributed by atoms with van der Waals surface area (Å²) in [7, 11) is 3.80. The van der Waals surface area contributed by atoms with Crippen molar-refractivity contribution in [3.8, 4) is 0 Å². The number of nitrogens with zero attached hydrogens (tertiary/aromatic N) is 2. The van der Waals surface area contributed by atoms with Crippen molar-refractivity contribution in [1.29, 1.82) is 0 Å². The monoisotopic (exact) mass is 269 g/mol. The highest BCUT2D eigenvalue weighted by Crippen LogP contribution is 2.30. The maximum atomic E-state index is 12.0. The number of rotatable bonds is 7. The molecule has 2 rings (SSSR count). The highest BCUT2D eigenvalue weighted by atomic mass is 16.5. The van der Waals surface area contributed by atoms with Crippen LogP contribution in [0.3, 0.4) is 0 Å². The first-order valence-corrected chi connectivity index (χ1v) is 7.42. The van der Waals surface area contributed by atoms with Crippen LogP contribution in [0.1, 0.15) is 25.7 Å². The summed E-state index contributed by atoms with van der Waals surface area (Å²) >= 11 is 0. The van der Waals surface area contributed by atoms with E-state index in [1.807, 2.05) is 0 Å². The van der Waals surface area contributed by atoms with E-state index in [9.17, 15) is 4.79 Å². The van der Waals surface area contributed by atoms with Gasteiger partial charge in [-0.3, -0.25) is 10.1 Å². The predicted molar refractivity (Wildman–Crippen MR) is 74.8 cm³/mol. The smallest absolute Gasteiger partial charge is 0.237 e. The molecule has 1 atom stereocenters. The summed E-state index contributed by atoms with van der Waals surface area (Å²) in [4.78, 5) is 16.3. The number of hydrogen-bond donors (Lipinski definition) is 1. The molecule has 1 saturated heterocycles. The van der Waals surface area contributed by atoms with Gasteiger partial charge in [-0.2, -0.15) is 0 Å². The summed E-state index contributed by atoms with van der Waals surface area (Å²) in [5, 5.41) is 3.40. The van der Waals surface area contributed by atoms with Gasteiger partial charge in [0.25, 0.3) is 0 Å². The van der Waals surface area contributed by atoms with Gasteiger partial charge in [-0.15, -0.1) is 0 Å². The van der Waals surface area contributed by atoms with Crippen molar-refractivity contribution in [1.82, 2.24) is 15.1 Å². The van der Waals surface area contributed by atoms with E-state index >= 15 is 0 Å². The van der Waals surface area contributed by atoms with Crippen molar-refractivity contribution in [2.24, 2.45) is 5.92 Å². The van der Waals surface area contributed by atoms with Crippen LogP contribution in [0.15, 0.2) is 0 Å². The molecule has 110 valence electrons. The molecule has 1 heterocycles. The first-order valence-electron chi connectivity index (χ1n) is 7.42. The van der Waals surface area contributed by atoms with Gasteiger partial charge in [0.15, 0.2) is 0 Å². The molecule has 1 amide bonds. The molecule has 1 N–H and O–H groups in total. The van der Waals surface area contributed by atoms with Gasteiger partial charge in [0.1, 0.15) is 0 Å². The molecule has 1 saturated carbocycles. The van der Waals surface area contributed by atoms with Crippen LogP contribution in [0.4, 0.5) is 0 Å². The number of hydrogen-bond acceptors (Lipinski definition) is 4. The van der Waals surface area contributed by atoms with Gasteiger partial charge in [0.05, 0.1) is 19.3 Å². The van der Waals surface area contributed by atoms with E-state index in [4.69, 9.17) is 4.74 Å². The summed E-state index contributed by atoms with van der Waals surface area (Å²) in [5.74, 6) is 0.924. The molecule has 0 spiro atoms. The van der Waals surface area contributed by atoms with Gasteiger partial charge in [-0.1, -0.05) is 12.8 Å². The van der Waals surface area contributed by atoms with Gasteiger partial charge in [-0.05, 0) is 25.8 Å².